The van der Waals surface area contributed by atoms with E-state index in [0.717, 1.165) is 3.57 Å². The van der Waals surface area contributed by atoms with Crippen LogP contribution in [0.1, 0.15) is 15.9 Å². The van der Waals surface area contributed by atoms with E-state index in [4.69, 9.17) is 10.00 Å². The maximum Gasteiger partial charge on any atom is 0.343 e. The van der Waals surface area contributed by atoms with Gasteiger partial charge in [0.1, 0.15) is 5.75 Å². The standard InChI is InChI=1S/C14H8INO2/c15-12-5-2-6-13(8-12)18-14(17)11-4-1-3-10(7-11)9-16/h1-8H. The molecule has 0 aliphatic carbocycles. The molecule has 0 radical (unpaired) electrons. The molecule has 2 rings (SSSR count). The molecular weight excluding hydrogens is 341 g/mol. The average Bonchev–Trinajstić information content (AvgIpc) is 2.39. The van der Waals surface area contributed by atoms with E-state index in [2.05, 4.69) is 22.6 Å². The van der Waals surface area contributed by atoms with Crippen LogP contribution in [0.25, 0.3) is 0 Å². The van der Waals surface area contributed by atoms with E-state index in [1.165, 1.54) is 6.07 Å². The largest absolute Gasteiger partial charge is 0.423 e. The summed E-state index contributed by atoms with van der Waals surface area (Å²) in [6, 6.07) is 15.6. The van der Waals surface area contributed by atoms with Crippen molar-refractivity contribution in [2.75, 3.05) is 0 Å². The van der Waals surface area contributed by atoms with Gasteiger partial charge in [-0.15, -0.1) is 0 Å². The quantitative estimate of drug-likeness (QED) is 0.475. The summed E-state index contributed by atoms with van der Waals surface area (Å²) in [6.07, 6.45) is 0. The Morgan fingerprint density at radius 1 is 1.17 bits per heavy atom. The number of hydrogen-bond donors (Lipinski definition) is 0. The van der Waals surface area contributed by atoms with Gasteiger partial charge in [0.25, 0.3) is 0 Å². The molecule has 2 aromatic rings. The molecule has 0 amide bonds. The molecule has 0 bridgehead atoms. The molecular formula is C14H8INO2. The fourth-order valence-electron chi connectivity index (χ4n) is 1.41. The molecule has 0 N–H and O–H groups in total. The number of ether oxygens (including phenoxy) is 1. The fourth-order valence-corrected chi connectivity index (χ4v) is 1.93. The summed E-state index contributed by atoms with van der Waals surface area (Å²) in [4.78, 5) is 11.9. The highest BCUT2D eigenvalue weighted by Gasteiger charge is 2.09. The van der Waals surface area contributed by atoms with Crippen molar-refractivity contribution in [3.63, 3.8) is 0 Å². The minimum absolute atomic E-state index is 0.368. The minimum atomic E-state index is -0.464. The third-order valence-electron chi connectivity index (χ3n) is 2.23. The molecule has 0 unspecified atom stereocenters. The number of benzene rings is 2. The highest BCUT2D eigenvalue weighted by atomic mass is 127. The van der Waals surface area contributed by atoms with E-state index in [1.54, 1.807) is 30.3 Å². The van der Waals surface area contributed by atoms with Gasteiger partial charge in [-0.25, -0.2) is 4.79 Å². The van der Waals surface area contributed by atoms with Gasteiger partial charge in [-0.1, -0.05) is 12.1 Å². The van der Waals surface area contributed by atoms with Crippen LogP contribution in [0.4, 0.5) is 0 Å². The summed E-state index contributed by atoms with van der Waals surface area (Å²) in [5, 5.41) is 8.77. The molecule has 4 heteroatoms. The molecule has 0 fully saturated rings. The first kappa shape index (κ1) is 12.6. The van der Waals surface area contributed by atoms with Gasteiger partial charge in [-0.2, -0.15) is 5.26 Å². The Morgan fingerprint density at radius 2 is 1.94 bits per heavy atom. The molecule has 0 aliphatic heterocycles. The van der Waals surface area contributed by atoms with Crippen LogP contribution >= 0.6 is 22.6 Å². The fraction of sp³-hybridized carbons (Fsp3) is 0. The molecule has 0 spiro atoms. The van der Waals surface area contributed by atoms with Crippen molar-refractivity contribution in [2.45, 2.75) is 0 Å². The highest BCUT2D eigenvalue weighted by molar-refractivity contribution is 14.1. The SMILES string of the molecule is N#Cc1cccc(C(=O)Oc2cccc(I)c2)c1. The number of nitrogens with zero attached hydrogens (tertiary/aromatic N) is 1. The Balaban J connectivity index is 2.20. The van der Waals surface area contributed by atoms with Gasteiger partial charge in [0.2, 0.25) is 0 Å². The number of halogens is 1. The van der Waals surface area contributed by atoms with E-state index < -0.39 is 5.97 Å². The molecule has 2 aromatic carbocycles. The molecule has 0 aliphatic rings. The predicted molar refractivity (Wildman–Crippen MR) is 75.3 cm³/mol. The van der Waals surface area contributed by atoms with E-state index >= 15 is 0 Å². The van der Waals surface area contributed by atoms with Crippen molar-refractivity contribution in [2.24, 2.45) is 0 Å². The number of carbonyl (C=O) groups excluding carboxylic acids is 1. The Morgan fingerprint density at radius 3 is 2.67 bits per heavy atom. The lowest BCUT2D eigenvalue weighted by atomic mass is 10.1. The lowest BCUT2D eigenvalue weighted by Crippen LogP contribution is -2.08. The lowest BCUT2D eigenvalue weighted by Gasteiger charge is -2.04. The zero-order chi connectivity index (χ0) is 13.0. The second-order valence-electron chi connectivity index (χ2n) is 3.54. The predicted octanol–water partition coefficient (Wildman–Crippen LogP) is 3.38. The third kappa shape index (κ3) is 3.08. The second kappa shape index (κ2) is 5.65. The van der Waals surface area contributed by atoms with Crippen LogP contribution < -0.4 is 4.74 Å². The Bertz CT molecular complexity index is 632. The van der Waals surface area contributed by atoms with Gasteiger partial charge in [0.05, 0.1) is 17.2 Å². The van der Waals surface area contributed by atoms with E-state index in [9.17, 15) is 4.79 Å². The van der Waals surface area contributed by atoms with Crippen LogP contribution in [-0.2, 0) is 0 Å². The third-order valence-corrected chi connectivity index (χ3v) is 2.90. The van der Waals surface area contributed by atoms with Gasteiger partial charge in [-0.05, 0) is 59.0 Å². The van der Waals surface area contributed by atoms with Crippen molar-refractivity contribution in [1.29, 1.82) is 5.26 Å². The number of hydrogen-bond acceptors (Lipinski definition) is 3. The maximum absolute atomic E-state index is 11.9. The molecule has 3 nitrogen and oxygen atoms in total. The highest BCUT2D eigenvalue weighted by Crippen LogP contribution is 2.16. The molecule has 0 saturated heterocycles. The first-order valence-corrected chi connectivity index (χ1v) is 6.25. The van der Waals surface area contributed by atoms with Gasteiger partial charge in [0, 0.05) is 3.57 Å². The maximum atomic E-state index is 11.9. The first-order valence-electron chi connectivity index (χ1n) is 5.17. The van der Waals surface area contributed by atoms with Gasteiger partial charge in [-0.3, -0.25) is 0 Å². The summed E-state index contributed by atoms with van der Waals surface area (Å²) in [5.74, 6) is 0.0309. The van der Waals surface area contributed by atoms with Crippen LogP contribution in [0.5, 0.6) is 5.75 Å². The molecule has 88 valence electrons. The smallest absolute Gasteiger partial charge is 0.343 e. The summed E-state index contributed by atoms with van der Waals surface area (Å²) in [7, 11) is 0. The zero-order valence-electron chi connectivity index (χ0n) is 9.26. The molecule has 0 atom stereocenters. The topological polar surface area (TPSA) is 50.1 Å². The van der Waals surface area contributed by atoms with E-state index in [1.807, 2.05) is 18.2 Å². The van der Waals surface area contributed by atoms with Gasteiger partial charge < -0.3 is 4.74 Å². The lowest BCUT2D eigenvalue weighted by molar-refractivity contribution is 0.0734. The van der Waals surface area contributed by atoms with Crippen LogP contribution in [-0.4, -0.2) is 5.97 Å². The average molecular weight is 349 g/mol. The Labute approximate surface area is 118 Å². The van der Waals surface area contributed by atoms with E-state index in [-0.39, 0.29) is 0 Å². The number of nitriles is 1. The molecule has 18 heavy (non-hydrogen) atoms. The van der Waals surface area contributed by atoms with Crippen molar-refractivity contribution < 1.29 is 9.53 Å². The second-order valence-corrected chi connectivity index (χ2v) is 4.79. The van der Waals surface area contributed by atoms with Crippen LogP contribution in [0, 0.1) is 14.9 Å². The van der Waals surface area contributed by atoms with Crippen molar-refractivity contribution in [3.05, 3.63) is 63.2 Å². The molecule has 0 heterocycles. The summed E-state index contributed by atoms with van der Waals surface area (Å²) >= 11 is 2.14. The Kier molecular flexibility index (Phi) is 3.95. The van der Waals surface area contributed by atoms with Crippen molar-refractivity contribution >= 4 is 28.6 Å². The molecule has 0 saturated carbocycles. The van der Waals surface area contributed by atoms with Crippen LogP contribution in [0.3, 0.4) is 0 Å². The number of esters is 1. The van der Waals surface area contributed by atoms with Crippen molar-refractivity contribution in [3.8, 4) is 11.8 Å². The summed E-state index contributed by atoms with van der Waals surface area (Å²) in [5.41, 5.74) is 0.806. The minimum Gasteiger partial charge on any atom is -0.423 e. The summed E-state index contributed by atoms with van der Waals surface area (Å²) in [6.45, 7) is 0. The van der Waals surface area contributed by atoms with Gasteiger partial charge >= 0.3 is 5.97 Å². The van der Waals surface area contributed by atoms with Gasteiger partial charge in [0.15, 0.2) is 0 Å². The number of carbonyl (C=O) groups is 1. The Hall–Kier alpha value is -1.87. The molecule has 0 aromatic heterocycles. The van der Waals surface area contributed by atoms with E-state index in [0.29, 0.717) is 16.9 Å². The first-order chi connectivity index (χ1) is 8.69. The monoisotopic (exact) mass is 349 g/mol. The van der Waals surface area contributed by atoms with Crippen LogP contribution in [0.15, 0.2) is 48.5 Å². The summed E-state index contributed by atoms with van der Waals surface area (Å²) < 4.78 is 6.22. The number of rotatable bonds is 2. The zero-order valence-corrected chi connectivity index (χ0v) is 11.4. The van der Waals surface area contributed by atoms with Crippen LogP contribution in [0.2, 0.25) is 0 Å². The normalized spacial score (nSPS) is 9.56. The van der Waals surface area contributed by atoms with Crippen molar-refractivity contribution in [1.82, 2.24) is 0 Å².